The summed E-state index contributed by atoms with van der Waals surface area (Å²) in [4.78, 5) is 24.1. The van der Waals surface area contributed by atoms with Gasteiger partial charge in [-0.05, 0) is 6.92 Å². The molecule has 0 aromatic carbocycles. The van der Waals surface area contributed by atoms with Gasteiger partial charge in [0.25, 0.3) is 0 Å². The first-order chi connectivity index (χ1) is 23.5. The summed E-state index contributed by atoms with van der Waals surface area (Å²) >= 11 is 0. The van der Waals surface area contributed by atoms with Crippen molar-refractivity contribution in [2.75, 3.05) is 19.8 Å². The predicted octanol–water partition coefficient (Wildman–Crippen LogP) is -8.43. The number of aliphatic hydroxyl groups is 11. The van der Waals surface area contributed by atoms with Crippen LogP contribution in [0.1, 0.15) is 20.8 Å². The SMILES string of the molecule is CC(=O)N[C@H]1[C@H](O[C@H]2[C@@H](O)[C@@H](CO)O[C@@H](O[C@H]3[C@H](O)[C@@H](CO)OC(O)[C@@H]3NC(C)=O)[C@@H]2O[C@@H]2O[C@@H](C)[C@@H](O)[C@@H](O)[C@@H]2O)O[C@H](CO)[C@@H](O)[C@@H]1O. The summed E-state index contributed by atoms with van der Waals surface area (Å²) in [5.41, 5.74) is 0. The molecule has 50 heavy (non-hydrogen) atoms. The van der Waals surface area contributed by atoms with Crippen LogP contribution in [0.3, 0.4) is 0 Å². The van der Waals surface area contributed by atoms with Gasteiger partial charge in [0.2, 0.25) is 11.8 Å². The minimum atomic E-state index is -1.95. The molecule has 0 aliphatic carbocycles. The number of amides is 2. The minimum absolute atomic E-state index is 0.707. The van der Waals surface area contributed by atoms with Gasteiger partial charge in [-0.15, -0.1) is 0 Å². The number of hydrogen-bond donors (Lipinski definition) is 13. The van der Waals surface area contributed by atoms with Gasteiger partial charge < -0.3 is 100.0 Å². The van der Waals surface area contributed by atoms with Gasteiger partial charge >= 0.3 is 0 Å². The largest absolute Gasteiger partial charge is 0.394 e. The molecule has 20 atom stereocenters. The fourth-order valence-electron chi connectivity index (χ4n) is 6.26. The highest BCUT2D eigenvalue weighted by Gasteiger charge is 2.56. The van der Waals surface area contributed by atoms with Crippen LogP contribution in [0.2, 0.25) is 0 Å². The average molecular weight is 733 g/mol. The molecule has 1 unspecified atom stereocenters. The zero-order valence-corrected chi connectivity index (χ0v) is 27.3. The summed E-state index contributed by atoms with van der Waals surface area (Å²) in [6, 6.07) is -3.09. The Morgan fingerprint density at radius 3 is 1.58 bits per heavy atom. The normalized spacial score (nSPS) is 48.5. The lowest BCUT2D eigenvalue weighted by Gasteiger charge is -2.51. The third-order valence-corrected chi connectivity index (χ3v) is 8.97. The summed E-state index contributed by atoms with van der Waals surface area (Å²) in [5.74, 6) is -1.42. The van der Waals surface area contributed by atoms with Crippen LogP contribution in [0, 0.1) is 0 Å². The van der Waals surface area contributed by atoms with E-state index >= 15 is 0 Å². The van der Waals surface area contributed by atoms with E-state index in [0.29, 0.717) is 0 Å². The average Bonchev–Trinajstić information content (AvgIpc) is 3.07. The summed E-state index contributed by atoms with van der Waals surface area (Å²) in [5, 5.41) is 120. The van der Waals surface area contributed by atoms with E-state index in [0.717, 1.165) is 13.8 Å². The van der Waals surface area contributed by atoms with Crippen molar-refractivity contribution in [3.05, 3.63) is 0 Å². The summed E-state index contributed by atoms with van der Waals surface area (Å²) in [6.07, 6.45) is -31.1. The molecule has 22 nitrogen and oxygen atoms in total. The highest BCUT2D eigenvalue weighted by Crippen LogP contribution is 2.36. The smallest absolute Gasteiger partial charge is 0.217 e. The van der Waals surface area contributed by atoms with Gasteiger partial charge in [-0.2, -0.15) is 0 Å². The van der Waals surface area contributed by atoms with Crippen LogP contribution in [-0.2, 0) is 42.7 Å². The van der Waals surface area contributed by atoms with Crippen molar-refractivity contribution in [3.63, 3.8) is 0 Å². The van der Waals surface area contributed by atoms with Gasteiger partial charge in [-0.1, -0.05) is 0 Å². The summed E-state index contributed by atoms with van der Waals surface area (Å²) < 4.78 is 40.3. The Balaban J connectivity index is 1.77. The maximum atomic E-state index is 12.1. The van der Waals surface area contributed by atoms with Gasteiger partial charge in [0.15, 0.2) is 25.2 Å². The molecular weight excluding hydrogens is 684 g/mol. The number of carbonyl (C=O) groups excluding carboxylic acids is 2. The van der Waals surface area contributed by atoms with Gasteiger partial charge in [0.1, 0.15) is 91.4 Å². The van der Waals surface area contributed by atoms with Gasteiger partial charge in [0, 0.05) is 13.8 Å². The number of nitrogens with one attached hydrogen (secondary N) is 2. The molecule has 2 amide bonds. The van der Waals surface area contributed by atoms with Crippen molar-refractivity contribution < 1.29 is 98.9 Å². The Hall–Kier alpha value is -1.78. The second-order valence-corrected chi connectivity index (χ2v) is 12.6. The zero-order valence-electron chi connectivity index (χ0n) is 27.3. The molecule has 4 heterocycles. The second-order valence-electron chi connectivity index (χ2n) is 12.6. The fraction of sp³-hybridized carbons (Fsp3) is 0.929. The Labute approximate surface area is 285 Å². The van der Waals surface area contributed by atoms with E-state index in [1.165, 1.54) is 6.92 Å². The van der Waals surface area contributed by atoms with Crippen LogP contribution in [0.15, 0.2) is 0 Å². The molecule has 4 fully saturated rings. The Morgan fingerprint density at radius 2 is 1.00 bits per heavy atom. The molecule has 290 valence electrons. The van der Waals surface area contributed by atoms with Crippen LogP contribution in [0.5, 0.6) is 0 Å². The van der Waals surface area contributed by atoms with Crippen LogP contribution in [0.25, 0.3) is 0 Å². The van der Waals surface area contributed by atoms with E-state index in [2.05, 4.69) is 10.6 Å². The van der Waals surface area contributed by atoms with E-state index in [4.69, 9.17) is 33.2 Å². The maximum absolute atomic E-state index is 12.1. The van der Waals surface area contributed by atoms with E-state index in [1.54, 1.807) is 0 Å². The van der Waals surface area contributed by atoms with Gasteiger partial charge in [-0.3, -0.25) is 9.59 Å². The summed E-state index contributed by atoms with van der Waals surface area (Å²) in [6.45, 7) is 0.914. The molecule has 22 heteroatoms. The van der Waals surface area contributed by atoms with Crippen molar-refractivity contribution in [2.45, 2.75) is 143 Å². The topological polar surface area (TPSA) is 345 Å². The molecule has 0 aromatic rings. The highest BCUT2D eigenvalue weighted by molar-refractivity contribution is 5.73. The molecule has 0 spiro atoms. The van der Waals surface area contributed by atoms with E-state index in [1.807, 2.05) is 0 Å². The molecular formula is C28H48N2O20. The van der Waals surface area contributed by atoms with E-state index < -0.39 is 154 Å². The van der Waals surface area contributed by atoms with Crippen molar-refractivity contribution in [2.24, 2.45) is 0 Å². The van der Waals surface area contributed by atoms with Gasteiger partial charge in [0.05, 0.1) is 25.9 Å². The van der Waals surface area contributed by atoms with Crippen molar-refractivity contribution in [1.29, 1.82) is 0 Å². The number of carbonyl (C=O) groups is 2. The number of aliphatic hydroxyl groups excluding tert-OH is 11. The fourth-order valence-corrected chi connectivity index (χ4v) is 6.26. The molecule has 4 saturated heterocycles. The van der Waals surface area contributed by atoms with Gasteiger partial charge in [-0.25, -0.2) is 0 Å². The first kappa shape index (κ1) is 41.0. The van der Waals surface area contributed by atoms with E-state index in [-0.39, 0.29) is 0 Å². The standard InChI is InChI=1S/C28H48N2O20/c1-7-15(36)20(41)21(42)27(44-7)50-24-23(49-26-13(29-8(2)34)19(40)16(37)10(4-31)46-26)18(39)12(6-33)47-28(24)48-22-14(30-9(3)35)25(43)45-11(5-32)17(22)38/h7,10-28,31-33,36-43H,4-6H2,1-3H3,(H,29,34)(H,30,35)/t7-,10+,11+,12+,13+,14+,15+,16+,17+,18-,19+,20+,21-,22+,23-,24+,25?,26-,27-,28-/m0/s1. The monoisotopic (exact) mass is 732 g/mol. The maximum Gasteiger partial charge on any atom is 0.217 e. The number of ether oxygens (including phenoxy) is 7. The van der Waals surface area contributed by atoms with E-state index in [9.17, 15) is 65.8 Å². The second kappa shape index (κ2) is 17.4. The van der Waals surface area contributed by atoms with Crippen molar-refractivity contribution in [1.82, 2.24) is 10.6 Å². The van der Waals surface area contributed by atoms with Crippen molar-refractivity contribution in [3.8, 4) is 0 Å². The highest BCUT2D eigenvalue weighted by atomic mass is 16.8. The molecule has 0 aromatic heterocycles. The number of rotatable bonds is 11. The first-order valence-corrected chi connectivity index (χ1v) is 15.9. The van der Waals surface area contributed by atoms with Crippen molar-refractivity contribution >= 4 is 11.8 Å². The Kier molecular flexibility index (Phi) is 14.2. The zero-order chi connectivity index (χ0) is 37.2. The lowest BCUT2D eigenvalue weighted by atomic mass is 9.94. The number of hydrogen-bond acceptors (Lipinski definition) is 20. The first-order valence-electron chi connectivity index (χ1n) is 15.9. The molecule has 4 aliphatic rings. The molecule has 4 aliphatic heterocycles. The third kappa shape index (κ3) is 8.70. The molecule has 4 rings (SSSR count). The quantitative estimate of drug-likeness (QED) is 0.0938. The van der Waals surface area contributed by atoms with Crippen LogP contribution in [-0.4, -0.2) is 211 Å². The molecule has 0 saturated carbocycles. The Bertz CT molecular complexity index is 1130. The minimum Gasteiger partial charge on any atom is -0.394 e. The molecule has 13 N–H and O–H groups in total. The summed E-state index contributed by atoms with van der Waals surface area (Å²) in [7, 11) is 0. The Morgan fingerprint density at radius 1 is 0.520 bits per heavy atom. The molecule has 0 bridgehead atoms. The van der Waals surface area contributed by atoms with Crippen LogP contribution >= 0.6 is 0 Å². The third-order valence-electron chi connectivity index (χ3n) is 8.97. The lowest BCUT2D eigenvalue weighted by molar-refractivity contribution is -0.396. The predicted molar refractivity (Wildman–Crippen MR) is 156 cm³/mol. The van der Waals surface area contributed by atoms with Crippen LogP contribution < -0.4 is 10.6 Å². The van der Waals surface area contributed by atoms with Crippen LogP contribution in [0.4, 0.5) is 0 Å². The lowest BCUT2D eigenvalue weighted by Crippen LogP contribution is -2.70. The molecule has 0 radical (unpaired) electrons.